The molecule has 1 heterocycles. The molecule has 0 spiro atoms. The molecule has 2 aromatic rings. The highest BCUT2D eigenvalue weighted by atomic mass is 32.1. The van der Waals surface area contributed by atoms with E-state index in [-0.39, 0.29) is 18.6 Å². The van der Waals surface area contributed by atoms with Crippen molar-refractivity contribution < 1.29 is 19.1 Å². The molecule has 130 valence electrons. The van der Waals surface area contributed by atoms with E-state index in [4.69, 9.17) is 9.47 Å². The van der Waals surface area contributed by atoms with E-state index in [1.165, 1.54) is 16.9 Å². The number of esters is 1. The molecule has 0 bridgehead atoms. The number of benzene rings is 1. The summed E-state index contributed by atoms with van der Waals surface area (Å²) in [7, 11) is 1.66. The molecule has 25 heavy (non-hydrogen) atoms. The van der Waals surface area contributed by atoms with Crippen LogP contribution in [0.1, 0.15) is 33.6 Å². The first-order valence-corrected chi connectivity index (χ1v) is 9.22. The largest absolute Gasteiger partial charge is 0.497 e. The number of rotatable bonds is 5. The van der Waals surface area contributed by atoms with Crippen molar-refractivity contribution in [3.63, 3.8) is 0 Å². The summed E-state index contributed by atoms with van der Waals surface area (Å²) in [6.45, 7) is -0.217. The molecule has 1 aromatic heterocycles. The summed E-state index contributed by atoms with van der Waals surface area (Å²) in [5.74, 6) is 0.190. The second-order valence-electron chi connectivity index (χ2n) is 6.41. The van der Waals surface area contributed by atoms with Crippen LogP contribution in [0.25, 0.3) is 10.4 Å². The molecule has 0 aliphatic heterocycles. The maximum Gasteiger partial charge on any atom is 0.348 e. The van der Waals surface area contributed by atoms with Crippen molar-refractivity contribution in [3.8, 4) is 16.2 Å². The Hall–Kier alpha value is -2.34. The van der Waals surface area contributed by atoms with Gasteiger partial charge in [-0.05, 0) is 66.6 Å². The molecule has 2 aliphatic carbocycles. The Balaban J connectivity index is 1.48. The van der Waals surface area contributed by atoms with Gasteiger partial charge in [-0.25, -0.2) is 4.79 Å². The number of nitrogens with one attached hydrogen (secondary N) is 1. The number of aryl methyl sites for hydroxylation is 2. The van der Waals surface area contributed by atoms with Crippen LogP contribution < -0.4 is 10.1 Å². The van der Waals surface area contributed by atoms with Crippen LogP contribution in [0.15, 0.2) is 24.3 Å². The number of thiophene rings is 1. The number of ether oxygens (including phenoxy) is 2. The second kappa shape index (κ2) is 6.52. The lowest BCUT2D eigenvalue weighted by molar-refractivity contribution is -0.124. The van der Waals surface area contributed by atoms with Gasteiger partial charge in [0.05, 0.1) is 7.11 Å². The van der Waals surface area contributed by atoms with Crippen molar-refractivity contribution in [2.24, 2.45) is 0 Å². The third-order valence-electron chi connectivity index (χ3n) is 4.51. The van der Waals surface area contributed by atoms with Crippen LogP contribution in [0, 0.1) is 0 Å². The van der Waals surface area contributed by atoms with Gasteiger partial charge in [0.25, 0.3) is 5.91 Å². The first kappa shape index (κ1) is 16.1. The van der Waals surface area contributed by atoms with E-state index in [2.05, 4.69) is 11.4 Å². The van der Waals surface area contributed by atoms with Crippen molar-refractivity contribution in [1.29, 1.82) is 0 Å². The summed E-state index contributed by atoms with van der Waals surface area (Å²) in [5, 5.41) is 2.81. The molecule has 0 unspecified atom stereocenters. The maximum atomic E-state index is 12.3. The molecule has 2 aliphatic rings. The van der Waals surface area contributed by atoms with E-state index in [1.807, 2.05) is 18.2 Å². The molecule has 5 nitrogen and oxygen atoms in total. The fourth-order valence-electron chi connectivity index (χ4n) is 3.04. The van der Waals surface area contributed by atoms with Crippen LogP contribution in [0.3, 0.4) is 0 Å². The quantitative estimate of drug-likeness (QED) is 0.836. The summed E-state index contributed by atoms with van der Waals surface area (Å²) in [6, 6.07) is 8.20. The van der Waals surface area contributed by atoms with Gasteiger partial charge in [-0.15, -0.1) is 11.3 Å². The number of amides is 1. The third-order valence-corrected chi connectivity index (χ3v) is 5.70. The Bertz CT molecular complexity index is 838. The summed E-state index contributed by atoms with van der Waals surface area (Å²) >= 11 is 1.43. The van der Waals surface area contributed by atoms with Crippen LogP contribution in [0.2, 0.25) is 0 Å². The van der Waals surface area contributed by atoms with Gasteiger partial charge in [-0.3, -0.25) is 4.79 Å². The molecular formula is C19H19NO4S. The molecule has 6 heteroatoms. The average molecular weight is 357 g/mol. The molecule has 0 radical (unpaired) electrons. The molecular weight excluding hydrogens is 338 g/mol. The highest BCUT2D eigenvalue weighted by Gasteiger charge is 2.25. The van der Waals surface area contributed by atoms with Gasteiger partial charge in [-0.2, -0.15) is 0 Å². The van der Waals surface area contributed by atoms with Crippen LogP contribution in [0.4, 0.5) is 0 Å². The molecule has 0 atom stereocenters. The molecule has 1 saturated carbocycles. The third kappa shape index (κ3) is 3.39. The number of hydrogen-bond donors (Lipinski definition) is 1. The molecule has 1 N–H and O–H groups in total. The minimum atomic E-state index is -0.430. The van der Waals surface area contributed by atoms with Gasteiger partial charge in [0.15, 0.2) is 6.61 Å². The summed E-state index contributed by atoms with van der Waals surface area (Å²) in [6.07, 6.45) is 3.85. The fourth-order valence-corrected chi connectivity index (χ4v) is 4.20. The SMILES string of the molecule is COc1ccc2c(c1)CCc1cc(C(=O)OCC(=O)NC3CC3)sc1-2. The lowest BCUT2D eigenvalue weighted by Crippen LogP contribution is -2.30. The number of carbonyl (C=O) groups excluding carboxylic acids is 2. The van der Waals surface area contributed by atoms with Crippen molar-refractivity contribution in [1.82, 2.24) is 5.32 Å². The van der Waals surface area contributed by atoms with Crippen LogP contribution in [-0.2, 0) is 22.4 Å². The fraction of sp³-hybridized carbons (Fsp3) is 0.368. The van der Waals surface area contributed by atoms with Gasteiger partial charge < -0.3 is 14.8 Å². The van der Waals surface area contributed by atoms with Gasteiger partial charge in [-0.1, -0.05) is 0 Å². The number of carbonyl (C=O) groups is 2. The molecule has 1 fully saturated rings. The first-order valence-electron chi connectivity index (χ1n) is 8.40. The van der Waals surface area contributed by atoms with Crippen molar-refractivity contribution >= 4 is 23.2 Å². The van der Waals surface area contributed by atoms with Crippen molar-refractivity contribution in [2.75, 3.05) is 13.7 Å². The Morgan fingerprint density at radius 1 is 1.20 bits per heavy atom. The Morgan fingerprint density at radius 3 is 2.76 bits per heavy atom. The number of hydrogen-bond acceptors (Lipinski definition) is 5. The average Bonchev–Trinajstić information content (AvgIpc) is 3.32. The zero-order valence-electron chi connectivity index (χ0n) is 14.0. The van der Waals surface area contributed by atoms with E-state index >= 15 is 0 Å². The molecule has 4 rings (SSSR count). The van der Waals surface area contributed by atoms with Gasteiger partial charge in [0, 0.05) is 10.9 Å². The van der Waals surface area contributed by atoms with Crippen LogP contribution in [0.5, 0.6) is 5.75 Å². The van der Waals surface area contributed by atoms with Crippen LogP contribution >= 0.6 is 11.3 Å². The maximum absolute atomic E-state index is 12.3. The Labute approximate surface area is 150 Å². The number of methoxy groups -OCH3 is 1. The topological polar surface area (TPSA) is 64.6 Å². The zero-order chi connectivity index (χ0) is 17.4. The predicted molar refractivity (Wildman–Crippen MR) is 95.2 cm³/mol. The normalized spacial score (nSPS) is 15.1. The standard InChI is InChI=1S/C19H19NO4S/c1-23-14-6-7-15-11(8-14)2-3-12-9-16(25-18(12)15)19(22)24-10-17(21)20-13-4-5-13/h6-9,13H,2-5,10H2,1H3,(H,20,21). The van der Waals surface area contributed by atoms with E-state index in [0.717, 1.165) is 47.4 Å². The van der Waals surface area contributed by atoms with Gasteiger partial charge in [0.1, 0.15) is 10.6 Å². The summed E-state index contributed by atoms with van der Waals surface area (Å²) < 4.78 is 10.4. The smallest absolute Gasteiger partial charge is 0.348 e. The van der Waals surface area contributed by atoms with Crippen LogP contribution in [-0.4, -0.2) is 31.6 Å². The minimum Gasteiger partial charge on any atom is -0.497 e. The summed E-state index contributed by atoms with van der Waals surface area (Å²) in [5.41, 5.74) is 3.55. The first-order chi connectivity index (χ1) is 12.1. The van der Waals surface area contributed by atoms with Gasteiger partial charge >= 0.3 is 5.97 Å². The Morgan fingerprint density at radius 2 is 2.00 bits per heavy atom. The van der Waals surface area contributed by atoms with E-state index in [9.17, 15) is 9.59 Å². The zero-order valence-corrected chi connectivity index (χ0v) is 14.8. The second-order valence-corrected chi connectivity index (χ2v) is 7.46. The monoisotopic (exact) mass is 357 g/mol. The van der Waals surface area contributed by atoms with E-state index < -0.39 is 5.97 Å². The molecule has 1 aromatic carbocycles. The highest BCUT2D eigenvalue weighted by Crippen LogP contribution is 2.40. The van der Waals surface area contributed by atoms with E-state index in [1.54, 1.807) is 7.11 Å². The van der Waals surface area contributed by atoms with Crippen molar-refractivity contribution in [2.45, 2.75) is 31.7 Å². The lowest BCUT2D eigenvalue weighted by Gasteiger charge is -2.16. The minimum absolute atomic E-state index is 0.217. The summed E-state index contributed by atoms with van der Waals surface area (Å²) in [4.78, 5) is 25.6. The lowest BCUT2D eigenvalue weighted by atomic mass is 9.91. The highest BCUT2D eigenvalue weighted by molar-refractivity contribution is 7.17. The molecule has 0 saturated heterocycles. The van der Waals surface area contributed by atoms with Gasteiger partial charge in [0.2, 0.25) is 0 Å². The number of fused-ring (bicyclic) bond motifs is 3. The molecule has 1 amide bonds. The Kier molecular flexibility index (Phi) is 4.21. The predicted octanol–water partition coefficient (Wildman–Crippen LogP) is 2.96. The van der Waals surface area contributed by atoms with E-state index in [0.29, 0.717) is 4.88 Å². The van der Waals surface area contributed by atoms with Crippen molar-refractivity contribution in [3.05, 3.63) is 40.3 Å².